The van der Waals surface area contributed by atoms with Crippen LogP contribution in [0, 0.1) is 6.92 Å². The van der Waals surface area contributed by atoms with Gasteiger partial charge in [0.2, 0.25) is 5.91 Å². The number of halogens is 1. The Labute approximate surface area is 157 Å². The Morgan fingerprint density at radius 2 is 1.64 bits per heavy atom. The second-order valence-electron chi connectivity index (χ2n) is 5.52. The first-order valence-electron chi connectivity index (χ1n) is 8.04. The van der Waals surface area contributed by atoms with Crippen molar-refractivity contribution in [2.24, 2.45) is 0 Å². The molecule has 132 valence electrons. The summed E-state index contributed by atoms with van der Waals surface area (Å²) >= 11 is 7.49. The van der Waals surface area contributed by atoms with E-state index in [4.69, 9.17) is 11.6 Å². The number of carbonyl (C=O) groups is 2. The highest BCUT2D eigenvalue weighted by molar-refractivity contribution is 7.99. The van der Waals surface area contributed by atoms with Gasteiger partial charge in [0.05, 0.1) is 0 Å². The fourth-order valence-corrected chi connectivity index (χ4v) is 2.97. The SMILES string of the molecule is Cc1ccc(SCCNC(=O)CCNC(=O)c2ccc(Cl)cc2)cc1. The lowest BCUT2D eigenvalue weighted by Gasteiger charge is -2.07. The van der Waals surface area contributed by atoms with Crippen molar-refractivity contribution in [3.05, 3.63) is 64.7 Å². The number of hydrogen-bond donors (Lipinski definition) is 2. The molecule has 0 heterocycles. The molecule has 0 saturated heterocycles. The summed E-state index contributed by atoms with van der Waals surface area (Å²) in [5, 5.41) is 6.16. The highest BCUT2D eigenvalue weighted by Gasteiger charge is 2.06. The summed E-state index contributed by atoms with van der Waals surface area (Å²) in [6.07, 6.45) is 0.258. The van der Waals surface area contributed by atoms with E-state index in [0.29, 0.717) is 23.7 Å². The van der Waals surface area contributed by atoms with Crippen molar-refractivity contribution in [3.63, 3.8) is 0 Å². The molecule has 0 bridgehead atoms. The Balaban J connectivity index is 1.58. The molecule has 0 radical (unpaired) electrons. The number of hydrogen-bond acceptors (Lipinski definition) is 3. The summed E-state index contributed by atoms with van der Waals surface area (Å²) in [5.41, 5.74) is 1.76. The summed E-state index contributed by atoms with van der Waals surface area (Å²) in [7, 11) is 0. The van der Waals surface area contributed by atoms with Crippen molar-refractivity contribution in [1.82, 2.24) is 10.6 Å². The fraction of sp³-hybridized carbons (Fsp3) is 0.263. The third-order valence-corrected chi connectivity index (χ3v) is 4.72. The molecule has 0 aliphatic carbocycles. The Hall–Kier alpha value is -1.98. The molecule has 2 aromatic rings. The molecule has 0 aliphatic rings. The molecular formula is C19H21ClN2O2S. The zero-order valence-electron chi connectivity index (χ0n) is 14.0. The average Bonchev–Trinajstić information content (AvgIpc) is 2.61. The van der Waals surface area contributed by atoms with E-state index < -0.39 is 0 Å². The number of thioether (sulfide) groups is 1. The molecule has 0 aromatic heterocycles. The van der Waals surface area contributed by atoms with E-state index in [1.54, 1.807) is 36.0 Å². The Bertz CT molecular complexity index is 702. The molecule has 0 spiro atoms. The van der Waals surface area contributed by atoms with Gasteiger partial charge >= 0.3 is 0 Å². The second kappa shape index (κ2) is 10.1. The summed E-state index contributed by atoms with van der Waals surface area (Å²) in [5.74, 6) is 0.534. The van der Waals surface area contributed by atoms with Gasteiger partial charge in [-0.05, 0) is 43.3 Å². The van der Waals surface area contributed by atoms with Crippen LogP contribution in [0.1, 0.15) is 22.3 Å². The number of nitrogens with one attached hydrogen (secondary N) is 2. The molecule has 2 amide bonds. The Kier molecular flexibility index (Phi) is 7.82. The van der Waals surface area contributed by atoms with Crippen LogP contribution in [-0.4, -0.2) is 30.7 Å². The van der Waals surface area contributed by atoms with Crippen LogP contribution in [0.3, 0.4) is 0 Å². The lowest BCUT2D eigenvalue weighted by atomic mass is 10.2. The van der Waals surface area contributed by atoms with Crippen LogP contribution in [0.2, 0.25) is 5.02 Å². The maximum absolute atomic E-state index is 11.9. The molecule has 2 N–H and O–H groups in total. The molecule has 2 aromatic carbocycles. The summed E-state index contributed by atoms with van der Waals surface area (Å²) in [6, 6.07) is 14.9. The topological polar surface area (TPSA) is 58.2 Å². The molecule has 0 unspecified atom stereocenters. The van der Waals surface area contributed by atoms with Gasteiger partial charge in [0, 0.05) is 40.7 Å². The molecule has 6 heteroatoms. The lowest BCUT2D eigenvalue weighted by Crippen LogP contribution is -2.31. The van der Waals surface area contributed by atoms with Gasteiger partial charge in [-0.15, -0.1) is 11.8 Å². The van der Waals surface area contributed by atoms with E-state index in [-0.39, 0.29) is 18.2 Å². The van der Waals surface area contributed by atoms with Gasteiger partial charge in [-0.3, -0.25) is 9.59 Å². The average molecular weight is 377 g/mol. The highest BCUT2D eigenvalue weighted by Crippen LogP contribution is 2.17. The van der Waals surface area contributed by atoms with Crippen molar-refractivity contribution in [2.75, 3.05) is 18.8 Å². The van der Waals surface area contributed by atoms with Crippen molar-refractivity contribution in [1.29, 1.82) is 0 Å². The van der Waals surface area contributed by atoms with E-state index >= 15 is 0 Å². The van der Waals surface area contributed by atoms with Gasteiger partial charge in [-0.2, -0.15) is 0 Å². The normalized spacial score (nSPS) is 10.3. The summed E-state index contributed by atoms with van der Waals surface area (Å²) in [6.45, 7) is 2.96. The van der Waals surface area contributed by atoms with Gasteiger partial charge in [0.25, 0.3) is 5.91 Å². The zero-order valence-corrected chi connectivity index (χ0v) is 15.6. The maximum Gasteiger partial charge on any atom is 0.251 e. The molecule has 4 nitrogen and oxygen atoms in total. The first-order valence-corrected chi connectivity index (χ1v) is 9.41. The quantitative estimate of drug-likeness (QED) is 0.545. The fourth-order valence-electron chi connectivity index (χ4n) is 2.08. The highest BCUT2D eigenvalue weighted by atomic mass is 35.5. The van der Waals surface area contributed by atoms with Crippen molar-refractivity contribution >= 4 is 35.2 Å². The van der Waals surface area contributed by atoms with Crippen LogP contribution in [-0.2, 0) is 4.79 Å². The summed E-state index contributed by atoms with van der Waals surface area (Å²) < 4.78 is 0. The molecule has 25 heavy (non-hydrogen) atoms. The van der Waals surface area contributed by atoms with Gasteiger partial charge < -0.3 is 10.6 Å². The largest absolute Gasteiger partial charge is 0.355 e. The van der Waals surface area contributed by atoms with Crippen LogP contribution >= 0.6 is 23.4 Å². The molecular weight excluding hydrogens is 356 g/mol. The molecule has 2 rings (SSSR count). The summed E-state index contributed by atoms with van der Waals surface area (Å²) in [4.78, 5) is 24.9. The predicted octanol–water partition coefficient (Wildman–Crippen LogP) is 3.68. The van der Waals surface area contributed by atoms with Gasteiger partial charge in [0.15, 0.2) is 0 Å². The predicted molar refractivity (Wildman–Crippen MR) is 103 cm³/mol. The van der Waals surface area contributed by atoms with Crippen molar-refractivity contribution in [2.45, 2.75) is 18.2 Å². The third-order valence-electron chi connectivity index (χ3n) is 3.46. The van der Waals surface area contributed by atoms with Gasteiger partial charge in [-0.25, -0.2) is 0 Å². The van der Waals surface area contributed by atoms with E-state index in [2.05, 4.69) is 41.8 Å². The number of benzene rings is 2. The number of rotatable bonds is 8. The smallest absolute Gasteiger partial charge is 0.251 e. The second-order valence-corrected chi connectivity index (χ2v) is 7.13. The maximum atomic E-state index is 11.9. The third kappa shape index (κ3) is 7.20. The minimum Gasteiger partial charge on any atom is -0.355 e. The molecule has 0 fully saturated rings. The van der Waals surface area contributed by atoms with Crippen LogP contribution in [0.5, 0.6) is 0 Å². The Morgan fingerprint density at radius 3 is 2.32 bits per heavy atom. The first kappa shape index (κ1) is 19.3. The van der Waals surface area contributed by atoms with E-state index in [1.165, 1.54) is 10.5 Å². The first-order chi connectivity index (χ1) is 12.0. The molecule has 0 aliphatic heterocycles. The van der Waals surface area contributed by atoms with Crippen molar-refractivity contribution < 1.29 is 9.59 Å². The van der Waals surface area contributed by atoms with E-state index in [1.807, 2.05) is 0 Å². The monoisotopic (exact) mass is 376 g/mol. The number of amides is 2. The van der Waals surface area contributed by atoms with Crippen LogP contribution in [0.25, 0.3) is 0 Å². The van der Waals surface area contributed by atoms with Crippen LogP contribution in [0.4, 0.5) is 0 Å². The number of aryl methyl sites for hydroxylation is 1. The van der Waals surface area contributed by atoms with E-state index in [9.17, 15) is 9.59 Å². The van der Waals surface area contributed by atoms with Crippen LogP contribution < -0.4 is 10.6 Å². The molecule has 0 atom stereocenters. The Morgan fingerprint density at radius 1 is 0.960 bits per heavy atom. The minimum absolute atomic E-state index is 0.0686. The van der Waals surface area contributed by atoms with Crippen LogP contribution in [0.15, 0.2) is 53.4 Å². The number of carbonyl (C=O) groups excluding carboxylic acids is 2. The lowest BCUT2D eigenvalue weighted by molar-refractivity contribution is -0.120. The zero-order chi connectivity index (χ0) is 18.1. The standard InChI is InChI=1S/C19H21ClN2O2S/c1-14-2-8-17(9-3-14)25-13-12-21-18(23)10-11-22-19(24)15-4-6-16(20)7-5-15/h2-9H,10-13H2,1H3,(H,21,23)(H,22,24). The molecule has 0 saturated carbocycles. The van der Waals surface area contributed by atoms with Gasteiger partial charge in [-0.1, -0.05) is 29.3 Å². The minimum atomic E-state index is -0.209. The van der Waals surface area contributed by atoms with Gasteiger partial charge in [0.1, 0.15) is 0 Å². The van der Waals surface area contributed by atoms with E-state index in [0.717, 1.165) is 5.75 Å². The van der Waals surface area contributed by atoms with Crippen molar-refractivity contribution in [3.8, 4) is 0 Å².